The zero-order valence-electron chi connectivity index (χ0n) is 15.0. The number of nitrogens with one attached hydrogen (secondary N) is 1. The molecular formula is C18H27Cl2N3O3. The standard InChI is InChI=1S/C18H26ClN3O3.ClH/c1-2-22(13-18(24)25)16-6-8-21(9-7-16)12-17(23)20-11-14-4-3-5-15(19)10-14;/h3-5,10,16H,2,6-9,11-13H2,1H3,(H,20,23)(H,24,25);1H. The molecule has 1 aromatic carbocycles. The van der Waals surface area contributed by atoms with Gasteiger partial charge in [0.15, 0.2) is 0 Å². The molecule has 1 saturated heterocycles. The lowest BCUT2D eigenvalue weighted by molar-refractivity contribution is -0.139. The third-order valence-electron chi connectivity index (χ3n) is 4.56. The Hall–Kier alpha value is -1.34. The minimum Gasteiger partial charge on any atom is -0.480 e. The van der Waals surface area contributed by atoms with Gasteiger partial charge in [0.25, 0.3) is 0 Å². The first-order chi connectivity index (χ1) is 12.0. The van der Waals surface area contributed by atoms with E-state index in [0.717, 1.165) is 38.0 Å². The summed E-state index contributed by atoms with van der Waals surface area (Å²) in [5, 5.41) is 12.6. The molecule has 146 valence electrons. The number of rotatable bonds is 8. The smallest absolute Gasteiger partial charge is 0.317 e. The Bertz CT molecular complexity index is 593. The maximum absolute atomic E-state index is 12.1. The quantitative estimate of drug-likeness (QED) is 0.696. The topological polar surface area (TPSA) is 72.9 Å². The highest BCUT2D eigenvalue weighted by atomic mass is 35.5. The van der Waals surface area contributed by atoms with E-state index in [4.69, 9.17) is 16.7 Å². The summed E-state index contributed by atoms with van der Waals surface area (Å²) in [5.41, 5.74) is 0.979. The summed E-state index contributed by atoms with van der Waals surface area (Å²) in [7, 11) is 0. The average Bonchev–Trinajstić information content (AvgIpc) is 2.58. The molecule has 1 fully saturated rings. The predicted molar refractivity (Wildman–Crippen MR) is 105 cm³/mol. The van der Waals surface area contributed by atoms with Crippen molar-refractivity contribution in [2.75, 3.05) is 32.7 Å². The number of carbonyl (C=O) groups excluding carboxylic acids is 1. The number of carbonyl (C=O) groups is 2. The van der Waals surface area contributed by atoms with Crippen LogP contribution in [0.5, 0.6) is 0 Å². The van der Waals surface area contributed by atoms with Crippen LogP contribution in [-0.4, -0.2) is 65.5 Å². The Morgan fingerprint density at radius 3 is 2.62 bits per heavy atom. The molecule has 0 radical (unpaired) electrons. The molecule has 2 N–H and O–H groups in total. The Balaban J connectivity index is 0.00000338. The molecule has 0 bridgehead atoms. The number of carboxylic acid groups (broad SMARTS) is 1. The fraction of sp³-hybridized carbons (Fsp3) is 0.556. The molecule has 0 saturated carbocycles. The number of hydrogen-bond acceptors (Lipinski definition) is 4. The summed E-state index contributed by atoms with van der Waals surface area (Å²) in [6.45, 7) is 5.27. The highest BCUT2D eigenvalue weighted by molar-refractivity contribution is 6.30. The van der Waals surface area contributed by atoms with E-state index >= 15 is 0 Å². The maximum atomic E-state index is 12.1. The van der Waals surface area contributed by atoms with Gasteiger partial charge in [0.05, 0.1) is 13.1 Å². The van der Waals surface area contributed by atoms with Gasteiger partial charge in [-0.05, 0) is 37.1 Å². The first-order valence-corrected chi connectivity index (χ1v) is 9.05. The average molecular weight is 404 g/mol. The highest BCUT2D eigenvalue weighted by Crippen LogP contribution is 2.16. The van der Waals surface area contributed by atoms with Crippen molar-refractivity contribution in [2.45, 2.75) is 32.4 Å². The molecule has 0 aromatic heterocycles. The van der Waals surface area contributed by atoms with Gasteiger partial charge in [-0.15, -0.1) is 12.4 Å². The van der Waals surface area contributed by atoms with E-state index in [9.17, 15) is 9.59 Å². The summed E-state index contributed by atoms with van der Waals surface area (Å²) >= 11 is 5.94. The fourth-order valence-electron chi connectivity index (χ4n) is 3.22. The summed E-state index contributed by atoms with van der Waals surface area (Å²) < 4.78 is 0. The molecule has 1 aromatic rings. The summed E-state index contributed by atoms with van der Waals surface area (Å²) in [4.78, 5) is 27.2. The molecule has 1 heterocycles. The number of amides is 1. The molecule has 1 aliphatic rings. The summed E-state index contributed by atoms with van der Waals surface area (Å²) in [6, 6.07) is 7.73. The van der Waals surface area contributed by atoms with E-state index in [1.807, 2.05) is 30.0 Å². The first kappa shape index (κ1) is 22.7. The third-order valence-corrected chi connectivity index (χ3v) is 4.80. The van der Waals surface area contributed by atoms with Crippen LogP contribution < -0.4 is 5.32 Å². The largest absolute Gasteiger partial charge is 0.480 e. The van der Waals surface area contributed by atoms with Crippen molar-refractivity contribution in [1.82, 2.24) is 15.1 Å². The fourth-order valence-corrected chi connectivity index (χ4v) is 3.43. The third kappa shape index (κ3) is 7.50. The minimum absolute atomic E-state index is 0. The molecular weight excluding hydrogens is 377 g/mol. The number of nitrogens with zero attached hydrogens (tertiary/aromatic N) is 2. The monoisotopic (exact) mass is 403 g/mol. The van der Waals surface area contributed by atoms with Crippen molar-refractivity contribution < 1.29 is 14.7 Å². The zero-order chi connectivity index (χ0) is 18.2. The van der Waals surface area contributed by atoms with E-state index in [1.54, 1.807) is 6.07 Å². The number of aliphatic carboxylic acids is 1. The highest BCUT2D eigenvalue weighted by Gasteiger charge is 2.25. The van der Waals surface area contributed by atoms with Crippen molar-refractivity contribution in [3.05, 3.63) is 34.9 Å². The maximum Gasteiger partial charge on any atom is 0.317 e. The van der Waals surface area contributed by atoms with Crippen molar-refractivity contribution in [2.24, 2.45) is 0 Å². The number of likely N-dealkylation sites (tertiary alicyclic amines) is 1. The van der Waals surface area contributed by atoms with Crippen molar-refractivity contribution >= 4 is 35.9 Å². The Morgan fingerprint density at radius 1 is 1.35 bits per heavy atom. The lowest BCUT2D eigenvalue weighted by Crippen LogP contribution is -2.48. The normalized spacial score (nSPS) is 15.5. The lowest BCUT2D eigenvalue weighted by Gasteiger charge is -2.37. The van der Waals surface area contributed by atoms with Crippen LogP contribution >= 0.6 is 24.0 Å². The Kier molecular flexibility index (Phi) is 9.94. The minimum atomic E-state index is -0.787. The Labute approximate surface area is 165 Å². The van der Waals surface area contributed by atoms with Gasteiger partial charge >= 0.3 is 5.97 Å². The van der Waals surface area contributed by atoms with E-state index < -0.39 is 5.97 Å². The molecule has 0 spiro atoms. The molecule has 1 amide bonds. The molecule has 0 unspecified atom stereocenters. The number of benzene rings is 1. The summed E-state index contributed by atoms with van der Waals surface area (Å²) in [6.07, 6.45) is 1.78. The van der Waals surface area contributed by atoms with Gasteiger partial charge in [-0.3, -0.25) is 19.4 Å². The molecule has 0 aliphatic carbocycles. The van der Waals surface area contributed by atoms with Gasteiger partial charge in [0.1, 0.15) is 0 Å². The zero-order valence-corrected chi connectivity index (χ0v) is 16.6. The molecule has 8 heteroatoms. The van der Waals surface area contributed by atoms with Crippen LogP contribution in [0.2, 0.25) is 5.02 Å². The second-order valence-corrected chi connectivity index (χ2v) is 6.81. The molecule has 1 aliphatic heterocycles. The van der Waals surface area contributed by atoms with E-state index in [0.29, 0.717) is 18.1 Å². The van der Waals surface area contributed by atoms with Crippen LogP contribution in [0.4, 0.5) is 0 Å². The van der Waals surface area contributed by atoms with Gasteiger partial charge in [-0.2, -0.15) is 0 Å². The van der Waals surface area contributed by atoms with Gasteiger partial charge in [0, 0.05) is 30.7 Å². The van der Waals surface area contributed by atoms with Crippen molar-refractivity contribution in [1.29, 1.82) is 0 Å². The number of halogens is 2. The van der Waals surface area contributed by atoms with Crippen molar-refractivity contribution in [3.8, 4) is 0 Å². The number of carboxylic acids is 1. The SMILES string of the molecule is CCN(CC(=O)O)C1CCN(CC(=O)NCc2cccc(Cl)c2)CC1.Cl. The van der Waals surface area contributed by atoms with Gasteiger partial charge in [0.2, 0.25) is 5.91 Å². The van der Waals surface area contributed by atoms with Crippen LogP contribution in [0.25, 0.3) is 0 Å². The van der Waals surface area contributed by atoms with Crippen LogP contribution in [-0.2, 0) is 16.1 Å². The van der Waals surface area contributed by atoms with Gasteiger partial charge in [-0.1, -0.05) is 30.7 Å². The molecule has 26 heavy (non-hydrogen) atoms. The van der Waals surface area contributed by atoms with E-state index in [2.05, 4.69) is 10.2 Å². The van der Waals surface area contributed by atoms with Crippen LogP contribution in [0, 0.1) is 0 Å². The molecule has 2 rings (SSSR count). The van der Waals surface area contributed by atoms with Crippen molar-refractivity contribution in [3.63, 3.8) is 0 Å². The number of likely N-dealkylation sites (N-methyl/N-ethyl adjacent to an activating group) is 1. The van der Waals surface area contributed by atoms with E-state index in [-0.39, 0.29) is 30.9 Å². The molecule has 6 nitrogen and oxygen atoms in total. The van der Waals surface area contributed by atoms with Crippen LogP contribution in [0.3, 0.4) is 0 Å². The Morgan fingerprint density at radius 2 is 2.04 bits per heavy atom. The van der Waals surface area contributed by atoms with Gasteiger partial charge in [-0.25, -0.2) is 0 Å². The second-order valence-electron chi connectivity index (χ2n) is 6.37. The number of hydrogen-bond donors (Lipinski definition) is 2. The van der Waals surface area contributed by atoms with Gasteiger partial charge < -0.3 is 10.4 Å². The lowest BCUT2D eigenvalue weighted by atomic mass is 10.0. The van der Waals surface area contributed by atoms with E-state index in [1.165, 1.54) is 0 Å². The molecule has 0 atom stereocenters. The second kappa shape index (κ2) is 11.4. The first-order valence-electron chi connectivity index (χ1n) is 8.67. The summed E-state index contributed by atoms with van der Waals surface area (Å²) in [5.74, 6) is -0.791. The predicted octanol–water partition coefficient (Wildman–Crippen LogP) is 2.25. The van der Waals surface area contributed by atoms with Crippen LogP contribution in [0.1, 0.15) is 25.3 Å². The van der Waals surface area contributed by atoms with Crippen LogP contribution in [0.15, 0.2) is 24.3 Å². The number of piperidine rings is 1.